The molecule has 0 aliphatic carbocycles. The van der Waals surface area contributed by atoms with E-state index in [9.17, 15) is 5.11 Å². The standard InChI is InChI=1S/C12H29N3O/c1-11(2)13-9-12(16)10-15(5)8-6-7-14(3)4/h11-13,16H,6-10H2,1-5H3. The molecule has 0 spiro atoms. The molecule has 1 unspecified atom stereocenters. The molecule has 0 bridgehead atoms. The predicted octanol–water partition coefficient (Wildman–Crippen LogP) is 0.229. The van der Waals surface area contributed by atoms with Crippen LogP contribution in [0.3, 0.4) is 0 Å². The monoisotopic (exact) mass is 231 g/mol. The Labute approximate surface area is 101 Å². The van der Waals surface area contributed by atoms with Crippen LogP contribution in [0.1, 0.15) is 20.3 Å². The SMILES string of the molecule is CC(C)NCC(O)CN(C)CCCN(C)C. The van der Waals surface area contributed by atoms with E-state index in [1.807, 2.05) is 0 Å². The Morgan fingerprint density at radius 3 is 2.25 bits per heavy atom. The minimum atomic E-state index is -0.272. The normalized spacial score (nSPS) is 14.1. The quantitative estimate of drug-likeness (QED) is 0.596. The molecule has 0 fully saturated rings. The zero-order valence-corrected chi connectivity index (χ0v) is 11.5. The molecule has 2 N–H and O–H groups in total. The number of nitrogens with zero attached hydrogens (tertiary/aromatic N) is 2. The summed E-state index contributed by atoms with van der Waals surface area (Å²) in [7, 11) is 6.23. The third-order valence-electron chi connectivity index (χ3n) is 2.43. The molecule has 1 atom stereocenters. The van der Waals surface area contributed by atoms with Crippen LogP contribution in [-0.4, -0.2) is 74.4 Å². The van der Waals surface area contributed by atoms with Gasteiger partial charge in [-0.2, -0.15) is 0 Å². The zero-order chi connectivity index (χ0) is 12.6. The third kappa shape index (κ3) is 10.4. The van der Waals surface area contributed by atoms with Crippen LogP contribution < -0.4 is 5.32 Å². The maximum absolute atomic E-state index is 9.76. The first-order chi connectivity index (χ1) is 7.41. The van der Waals surface area contributed by atoms with Gasteiger partial charge in [-0.15, -0.1) is 0 Å². The molecular formula is C12H29N3O. The highest BCUT2D eigenvalue weighted by Crippen LogP contribution is 1.93. The molecule has 0 aliphatic rings. The molecule has 0 aliphatic heterocycles. The Morgan fingerprint density at radius 2 is 1.75 bits per heavy atom. The van der Waals surface area contributed by atoms with Crippen molar-refractivity contribution < 1.29 is 5.11 Å². The fraction of sp³-hybridized carbons (Fsp3) is 1.00. The van der Waals surface area contributed by atoms with Crippen LogP contribution in [-0.2, 0) is 0 Å². The van der Waals surface area contributed by atoms with Gasteiger partial charge in [0.2, 0.25) is 0 Å². The van der Waals surface area contributed by atoms with Crippen molar-refractivity contribution in [3.8, 4) is 0 Å². The lowest BCUT2D eigenvalue weighted by Crippen LogP contribution is -2.39. The molecule has 0 aromatic carbocycles. The van der Waals surface area contributed by atoms with Crippen molar-refractivity contribution in [1.29, 1.82) is 0 Å². The lowest BCUT2D eigenvalue weighted by Gasteiger charge is -2.22. The molecule has 98 valence electrons. The number of rotatable bonds is 9. The van der Waals surface area contributed by atoms with E-state index in [0.717, 1.165) is 26.1 Å². The first-order valence-electron chi connectivity index (χ1n) is 6.16. The zero-order valence-electron chi connectivity index (χ0n) is 11.5. The maximum Gasteiger partial charge on any atom is 0.0791 e. The molecule has 0 amide bonds. The summed E-state index contributed by atoms with van der Waals surface area (Å²) >= 11 is 0. The van der Waals surface area contributed by atoms with Gasteiger partial charge in [0.05, 0.1) is 6.10 Å². The molecule has 0 saturated heterocycles. The smallest absolute Gasteiger partial charge is 0.0791 e. The summed E-state index contributed by atoms with van der Waals surface area (Å²) in [6.07, 6.45) is 0.875. The summed E-state index contributed by atoms with van der Waals surface area (Å²) in [5, 5.41) is 13.0. The van der Waals surface area contributed by atoms with Crippen molar-refractivity contribution in [3.05, 3.63) is 0 Å². The molecule has 0 heterocycles. The first-order valence-corrected chi connectivity index (χ1v) is 6.16. The maximum atomic E-state index is 9.76. The summed E-state index contributed by atoms with van der Waals surface area (Å²) in [4.78, 5) is 4.38. The van der Waals surface area contributed by atoms with E-state index in [1.54, 1.807) is 0 Å². The molecule has 16 heavy (non-hydrogen) atoms. The summed E-state index contributed by atoms with van der Waals surface area (Å²) in [6.45, 7) is 7.74. The van der Waals surface area contributed by atoms with Gasteiger partial charge in [0.15, 0.2) is 0 Å². The number of aliphatic hydroxyl groups excluding tert-OH is 1. The van der Waals surface area contributed by atoms with Crippen LogP contribution in [0.15, 0.2) is 0 Å². The van der Waals surface area contributed by atoms with Crippen LogP contribution in [0, 0.1) is 0 Å². The van der Waals surface area contributed by atoms with Crippen molar-refractivity contribution in [2.75, 3.05) is 47.3 Å². The average molecular weight is 231 g/mol. The molecule has 4 heteroatoms. The highest BCUT2D eigenvalue weighted by atomic mass is 16.3. The van der Waals surface area contributed by atoms with Gasteiger partial charge in [-0.25, -0.2) is 0 Å². The molecule has 0 rings (SSSR count). The van der Waals surface area contributed by atoms with Gasteiger partial charge in [-0.3, -0.25) is 0 Å². The number of aliphatic hydroxyl groups is 1. The number of hydrogen-bond acceptors (Lipinski definition) is 4. The van der Waals surface area contributed by atoms with Gasteiger partial charge >= 0.3 is 0 Å². The molecule has 4 nitrogen and oxygen atoms in total. The Kier molecular flexibility index (Phi) is 8.84. The van der Waals surface area contributed by atoms with Crippen LogP contribution in [0.4, 0.5) is 0 Å². The lowest BCUT2D eigenvalue weighted by atomic mass is 10.3. The largest absolute Gasteiger partial charge is 0.390 e. The second-order valence-corrected chi connectivity index (χ2v) is 5.14. The first kappa shape index (κ1) is 15.8. The number of hydrogen-bond donors (Lipinski definition) is 2. The van der Waals surface area contributed by atoms with E-state index in [1.165, 1.54) is 0 Å². The predicted molar refractivity (Wildman–Crippen MR) is 69.8 cm³/mol. The molecule has 0 radical (unpaired) electrons. The van der Waals surface area contributed by atoms with Crippen LogP contribution in [0.5, 0.6) is 0 Å². The van der Waals surface area contributed by atoms with Gasteiger partial charge in [0, 0.05) is 19.1 Å². The van der Waals surface area contributed by atoms with Crippen molar-refractivity contribution >= 4 is 0 Å². The summed E-state index contributed by atoms with van der Waals surface area (Å²) in [5.41, 5.74) is 0. The van der Waals surface area contributed by atoms with Crippen molar-refractivity contribution in [1.82, 2.24) is 15.1 Å². The highest BCUT2D eigenvalue weighted by molar-refractivity contribution is 4.66. The second kappa shape index (κ2) is 8.93. The van der Waals surface area contributed by atoms with E-state index < -0.39 is 0 Å². The Bertz CT molecular complexity index is 162. The minimum Gasteiger partial charge on any atom is -0.390 e. The third-order valence-corrected chi connectivity index (χ3v) is 2.43. The topological polar surface area (TPSA) is 38.7 Å². The Balaban J connectivity index is 3.50. The van der Waals surface area contributed by atoms with Crippen LogP contribution in [0.25, 0.3) is 0 Å². The second-order valence-electron chi connectivity index (χ2n) is 5.14. The molecule has 0 aromatic heterocycles. The van der Waals surface area contributed by atoms with E-state index in [2.05, 4.69) is 50.1 Å². The van der Waals surface area contributed by atoms with E-state index in [-0.39, 0.29) is 6.10 Å². The highest BCUT2D eigenvalue weighted by Gasteiger charge is 2.08. The van der Waals surface area contributed by atoms with Crippen molar-refractivity contribution in [2.45, 2.75) is 32.4 Å². The average Bonchev–Trinajstić information content (AvgIpc) is 2.14. The minimum absolute atomic E-state index is 0.272. The number of nitrogens with one attached hydrogen (secondary N) is 1. The van der Waals surface area contributed by atoms with Gasteiger partial charge in [0.1, 0.15) is 0 Å². The molecular weight excluding hydrogens is 202 g/mol. The van der Waals surface area contributed by atoms with Gasteiger partial charge in [-0.1, -0.05) is 13.8 Å². The molecule has 0 aromatic rings. The van der Waals surface area contributed by atoms with E-state index >= 15 is 0 Å². The fourth-order valence-electron chi connectivity index (χ4n) is 1.54. The van der Waals surface area contributed by atoms with Crippen molar-refractivity contribution in [2.24, 2.45) is 0 Å². The van der Waals surface area contributed by atoms with Gasteiger partial charge in [-0.05, 0) is 40.7 Å². The molecule has 0 saturated carbocycles. The van der Waals surface area contributed by atoms with Crippen molar-refractivity contribution in [3.63, 3.8) is 0 Å². The summed E-state index contributed by atoms with van der Waals surface area (Å²) < 4.78 is 0. The van der Waals surface area contributed by atoms with Crippen LogP contribution >= 0.6 is 0 Å². The Morgan fingerprint density at radius 1 is 1.12 bits per heavy atom. The van der Waals surface area contributed by atoms with Gasteiger partial charge < -0.3 is 20.2 Å². The van der Waals surface area contributed by atoms with E-state index in [0.29, 0.717) is 12.6 Å². The van der Waals surface area contributed by atoms with Crippen LogP contribution in [0.2, 0.25) is 0 Å². The van der Waals surface area contributed by atoms with E-state index in [4.69, 9.17) is 0 Å². The Hall–Kier alpha value is -0.160. The number of likely N-dealkylation sites (N-methyl/N-ethyl adjacent to an activating group) is 1. The fourth-order valence-corrected chi connectivity index (χ4v) is 1.54. The lowest BCUT2D eigenvalue weighted by molar-refractivity contribution is 0.120. The summed E-state index contributed by atoms with van der Waals surface area (Å²) in [5.74, 6) is 0. The van der Waals surface area contributed by atoms with Gasteiger partial charge in [0.25, 0.3) is 0 Å². The summed E-state index contributed by atoms with van der Waals surface area (Å²) in [6, 6.07) is 0.439.